The molecule has 0 radical (unpaired) electrons. The Morgan fingerprint density at radius 2 is 1.81 bits per heavy atom. The molecule has 0 atom stereocenters. The fourth-order valence-electron chi connectivity index (χ4n) is 2.45. The molecule has 3 rings (SSSR count). The molecule has 3 aromatic rings. The second kappa shape index (κ2) is 6.50. The van der Waals surface area contributed by atoms with E-state index >= 15 is 0 Å². The molecule has 134 valence electrons. The normalized spacial score (nSPS) is 11.7. The van der Waals surface area contributed by atoms with Gasteiger partial charge in [-0.05, 0) is 17.7 Å². The number of rotatable bonds is 2. The van der Waals surface area contributed by atoms with Crippen molar-refractivity contribution in [3.8, 4) is 17.6 Å². The highest BCUT2D eigenvalue weighted by Crippen LogP contribution is 2.39. The summed E-state index contributed by atoms with van der Waals surface area (Å²) in [5.41, 5.74) is -0.871. The predicted molar refractivity (Wildman–Crippen MR) is 89.8 cm³/mol. The summed E-state index contributed by atoms with van der Waals surface area (Å²) in [5, 5.41) is 22.6. The number of aromatic hydroxyl groups is 1. The Balaban J connectivity index is 2.37. The first-order chi connectivity index (χ1) is 12.2. The van der Waals surface area contributed by atoms with Crippen molar-refractivity contribution in [2.45, 2.75) is 12.1 Å². The van der Waals surface area contributed by atoms with E-state index in [1.807, 2.05) is 6.07 Å². The molecule has 0 aliphatic carbocycles. The molecule has 5 nitrogen and oxygen atoms in total. The van der Waals surface area contributed by atoms with Crippen molar-refractivity contribution in [2.75, 3.05) is 0 Å². The average molecular weight is 422 g/mol. The standard InChI is InChI=1S/C15H6Cl3F3N4O/c16-4-6-1-11(26)23-14-12(6)10(5-22)24-25(14)13-8(17)2-7(3-9(13)18)15(19,20)21/h1-3H,4H2,(H,23,26). The van der Waals surface area contributed by atoms with Gasteiger partial charge in [-0.2, -0.15) is 28.5 Å². The summed E-state index contributed by atoms with van der Waals surface area (Å²) in [6.07, 6.45) is -4.64. The third-order valence-corrected chi connectivity index (χ3v) is 4.38. The lowest BCUT2D eigenvalue weighted by Gasteiger charge is -2.12. The minimum Gasteiger partial charge on any atom is -0.493 e. The number of nitriles is 1. The van der Waals surface area contributed by atoms with Crippen LogP contribution in [0.15, 0.2) is 18.2 Å². The summed E-state index contributed by atoms with van der Waals surface area (Å²) in [6, 6.07) is 4.49. The Morgan fingerprint density at radius 1 is 1.19 bits per heavy atom. The summed E-state index contributed by atoms with van der Waals surface area (Å²) >= 11 is 17.8. The molecule has 0 aliphatic heterocycles. The van der Waals surface area contributed by atoms with E-state index < -0.39 is 17.6 Å². The molecule has 2 aromatic heterocycles. The van der Waals surface area contributed by atoms with Gasteiger partial charge in [0.1, 0.15) is 11.8 Å². The van der Waals surface area contributed by atoms with Gasteiger partial charge in [-0.3, -0.25) is 0 Å². The fraction of sp³-hybridized carbons (Fsp3) is 0.133. The Labute approximate surface area is 159 Å². The first kappa shape index (κ1) is 18.6. The second-order valence-electron chi connectivity index (χ2n) is 5.13. The molecule has 0 aliphatic rings. The van der Waals surface area contributed by atoms with Crippen LogP contribution in [0, 0.1) is 11.3 Å². The number of alkyl halides is 4. The zero-order valence-corrected chi connectivity index (χ0v) is 14.7. The van der Waals surface area contributed by atoms with E-state index in [1.54, 1.807) is 0 Å². The number of aromatic nitrogens is 3. The molecule has 26 heavy (non-hydrogen) atoms. The molecular weight excluding hydrogens is 416 g/mol. The highest BCUT2D eigenvalue weighted by molar-refractivity contribution is 6.38. The molecule has 11 heteroatoms. The van der Waals surface area contributed by atoms with Gasteiger partial charge in [-0.15, -0.1) is 11.6 Å². The molecule has 1 aromatic carbocycles. The molecule has 0 saturated heterocycles. The van der Waals surface area contributed by atoms with E-state index in [9.17, 15) is 23.5 Å². The number of hydrogen-bond donors (Lipinski definition) is 1. The van der Waals surface area contributed by atoms with E-state index in [4.69, 9.17) is 34.8 Å². The smallest absolute Gasteiger partial charge is 0.416 e. The number of benzene rings is 1. The summed E-state index contributed by atoms with van der Waals surface area (Å²) in [6.45, 7) is 0. The number of nitrogens with zero attached hydrogens (tertiary/aromatic N) is 4. The SMILES string of the molecule is N#Cc1nn(-c2c(Cl)cc(C(F)(F)F)cc2Cl)c2nc(O)cc(CCl)c12. The lowest BCUT2D eigenvalue weighted by Crippen LogP contribution is -2.07. The van der Waals surface area contributed by atoms with Crippen LogP contribution < -0.4 is 0 Å². The molecule has 0 unspecified atom stereocenters. The average Bonchev–Trinajstić information content (AvgIpc) is 2.91. The summed E-state index contributed by atoms with van der Waals surface area (Å²) in [7, 11) is 0. The van der Waals surface area contributed by atoms with Gasteiger partial charge in [-0.1, -0.05) is 23.2 Å². The van der Waals surface area contributed by atoms with Gasteiger partial charge in [0.05, 0.1) is 21.0 Å². The predicted octanol–water partition coefficient (Wildman–Crippen LogP) is 5.06. The maximum atomic E-state index is 12.9. The van der Waals surface area contributed by atoms with Crippen molar-refractivity contribution in [2.24, 2.45) is 0 Å². The molecule has 0 fully saturated rings. The van der Waals surface area contributed by atoms with Crippen LogP contribution in [-0.4, -0.2) is 19.9 Å². The Morgan fingerprint density at radius 3 is 2.31 bits per heavy atom. The van der Waals surface area contributed by atoms with Crippen LogP contribution >= 0.6 is 34.8 Å². The highest BCUT2D eigenvalue weighted by atomic mass is 35.5. The van der Waals surface area contributed by atoms with Gasteiger partial charge in [0.15, 0.2) is 11.3 Å². The van der Waals surface area contributed by atoms with Crippen LogP contribution in [0.2, 0.25) is 10.0 Å². The van der Waals surface area contributed by atoms with E-state index in [-0.39, 0.29) is 38.3 Å². The van der Waals surface area contributed by atoms with E-state index in [2.05, 4.69) is 10.1 Å². The third kappa shape index (κ3) is 3.03. The first-order valence-electron chi connectivity index (χ1n) is 6.81. The van der Waals surface area contributed by atoms with Crippen molar-refractivity contribution in [3.05, 3.63) is 45.1 Å². The third-order valence-electron chi connectivity index (χ3n) is 3.51. The van der Waals surface area contributed by atoms with Gasteiger partial charge < -0.3 is 5.11 Å². The first-order valence-corrected chi connectivity index (χ1v) is 8.10. The Hall–Kier alpha value is -2.21. The zero-order valence-electron chi connectivity index (χ0n) is 12.4. The lowest BCUT2D eigenvalue weighted by atomic mass is 10.1. The number of pyridine rings is 1. The van der Waals surface area contributed by atoms with Crippen LogP contribution in [0.3, 0.4) is 0 Å². The molecule has 0 bridgehead atoms. The lowest BCUT2D eigenvalue weighted by molar-refractivity contribution is -0.137. The van der Waals surface area contributed by atoms with Crippen molar-refractivity contribution < 1.29 is 18.3 Å². The highest BCUT2D eigenvalue weighted by Gasteiger charge is 2.32. The van der Waals surface area contributed by atoms with Gasteiger partial charge in [-0.25, -0.2) is 4.68 Å². The van der Waals surface area contributed by atoms with E-state index in [1.165, 1.54) is 6.07 Å². The van der Waals surface area contributed by atoms with Crippen LogP contribution in [0.4, 0.5) is 13.2 Å². The topological polar surface area (TPSA) is 74.7 Å². The minimum absolute atomic E-state index is 0.0132. The summed E-state index contributed by atoms with van der Waals surface area (Å²) in [4.78, 5) is 3.89. The van der Waals surface area contributed by atoms with E-state index in [0.717, 1.165) is 4.68 Å². The van der Waals surface area contributed by atoms with Crippen LogP contribution in [0.1, 0.15) is 16.8 Å². The van der Waals surface area contributed by atoms with Crippen molar-refractivity contribution in [1.82, 2.24) is 14.8 Å². The van der Waals surface area contributed by atoms with Crippen molar-refractivity contribution >= 4 is 45.8 Å². The summed E-state index contributed by atoms with van der Waals surface area (Å²) in [5.74, 6) is -0.459. The largest absolute Gasteiger partial charge is 0.493 e. The number of halogens is 6. The van der Waals surface area contributed by atoms with Crippen molar-refractivity contribution in [1.29, 1.82) is 5.26 Å². The molecule has 0 amide bonds. The monoisotopic (exact) mass is 420 g/mol. The quantitative estimate of drug-likeness (QED) is 0.587. The van der Waals surface area contributed by atoms with E-state index in [0.29, 0.717) is 17.7 Å². The van der Waals surface area contributed by atoms with Gasteiger partial charge in [0.25, 0.3) is 0 Å². The molecule has 2 heterocycles. The van der Waals surface area contributed by atoms with Crippen molar-refractivity contribution in [3.63, 3.8) is 0 Å². The Kier molecular flexibility index (Phi) is 4.65. The van der Waals surface area contributed by atoms with Gasteiger partial charge in [0, 0.05) is 11.9 Å². The minimum atomic E-state index is -4.64. The maximum Gasteiger partial charge on any atom is 0.416 e. The molecule has 0 saturated carbocycles. The Bertz CT molecular complexity index is 1050. The fourth-order valence-corrected chi connectivity index (χ4v) is 3.31. The maximum absolute atomic E-state index is 12.9. The molecule has 1 N–H and O–H groups in total. The zero-order chi connectivity index (χ0) is 19.2. The van der Waals surface area contributed by atoms with Gasteiger partial charge >= 0.3 is 6.18 Å². The molecule has 0 spiro atoms. The molecular formula is C15H6Cl3F3N4O. The number of fused-ring (bicyclic) bond motifs is 1. The number of hydrogen-bond acceptors (Lipinski definition) is 4. The van der Waals surface area contributed by atoms with Crippen LogP contribution in [-0.2, 0) is 12.1 Å². The van der Waals surface area contributed by atoms with Crippen LogP contribution in [0.25, 0.3) is 16.7 Å². The second-order valence-corrected chi connectivity index (χ2v) is 6.21. The van der Waals surface area contributed by atoms with Crippen LogP contribution in [0.5, 0.6) is 5.88 Å². The van der Waals surface area contributed by atoms with Gasteiger partial charge in [0.2, 0.25) is 5.88 Å². The summed E-state index contributed by atoms with van der Waals surface area (Å²) < 4.78 is 39.7.